The highest BCUT2D eigenvalue weighted by molar-refractivity contribution is 5.83. The fourth-order valence-corrected chi connectivity index (χ4v) is 3.02. The standard InChI is InChI=1S/C17H36N2O/c1-6-9-10-13-19(15(4)5)16(20)17(14-18,11-7-2)12-8-3/h15H,6-14,18H2,1-5H3. The summed E-state index contributed by atoms with van der Waals surface area (Å²) in [6.45, 7) is 12.1. The lowest BCUT2D eigenvalue weighted by Gasteiger charge is -2.38. The molecular formula is C17H36N2O. The maximum Gasteiger partial charge on any atom is 0.230 e. The van der Waals surface area contributed by atoms with Crippen LogP contribution in [0.3, 0.4) is 0 Å². The van der Waals surface area contributed by atoms with Crippen LogP contribution in [0.25, 0.3) is 0 Å². The SMILES string of the molecule is CCCCCN(C(=O)C(CN)(CCC)CCC)C(C)C. The van der Waals surface area contributed by atoms with E-state index < -0.39 is 0 Å². The van der Waals surface area contributed by atoms with Gasteiger partial charge in [0.25, 0.3) is 0 Å². The summed E-state index contributed by atoms with van der Waals surface area (Å²) in [6.07, 6.45) is 7.33. The van der Waals surface area contributed by atoms with E-state index in [9.17, 15) is 4.79 Å². The molecule has 0 radical (unpaired) electrons. The molecule has 0 bridgehead atoms. The number of nitrogens with zero attached hydrogens (tertiary/aromatic N) is 1. The van der Waals surface area contributed by atoms with Crippen LogP contribution in [0.2, 0.25) is 0 Å². The normalized spacial score (nSPS) is 11.9. The average molecular weight is 284 g/mol. The zero-order valence-corrected chi connectivity index (χ0v) is 14.4. The summed E-state index contributed by atoms with van der Waals surface area (Å²) < 4.78 is 0. The van der Waals surface area contributed by atoms with Crippen molar-refractivity contribution < 1.29 is 4.79 Å². The number of nitrogens with two attached hydrogens (primary N) is 1. The van der Waals surface area contributed by atoms with Crippen LogP contribution in [0.15, 0.2) is 0 Å². The predicted molar refractivity (Wildman–Crippen MR) is 87.7 cm³/mol. The molecule has 0 saturated carbocycles. The van der Waals surface area contributed by atoms with Gasteiger partial charge in [0.15, 0.2) is 0 Å². The smallest absolute Gasteiger partial charge is 0.230 e. The van der Waals surface area contributed by atoms with E-state index in [2.05, 4.69) is 39.5 Å². The molecule has 0 atom stereocenters. The molecule has 0 aliphatic carbocycles. The summed E-state index contributed by atoms with van der Waals surface area (Å²) >= 11 is 0. The van der Waals surface area contributed by atoms with Crippen molar-refractivity contribution in [2.75, 3.05) is 13.1 Å². The zero-order valence-electron chi connectivity index (χ0n) is 14.4. The number of hydrogen-bond donors (Lipinski definition) is 1. The van der Waals surface area contributed by atoms with Crippen molar-refractivity contribution in [3.8, 4) is 0 Å². The van der Waals surface area contributed by atoms with E-state index >= 15 is 0 Å². The van der Waals surface area contributed by atoms with Crippen LogP contribution in [0, 0.1) is 5.41 Å². The Hall–Kier alpha value is -0.570. The highest BCUT2D eigenvalue weighted by Crippen LogP contribution is 2.32. The highest BCUT2D eigenvalue weighted by atomic mass is 16.2. The second kappa shape index (κ2) is 10.2. The molecule has 0 aromatic heterocycles. The molecule has 0 fully saturated rings. The van der Waals surface area contributed by atoms with Crippen molar-refractivity contribution in [3.05, 3.63) is 0 Å². The molecule has 0 aromatic carbocycles. The number of carbonyl (C=O) groups is 1. The molecule has 0 aliphatic heterocycles. The van der Waals surface area contributed by atoms with Gasteiger partial charge in [0, 0.05) is 19.1 Å². The maximum absolute atomic E-state index is 13.1. The van der Waals surface area contributed by atoms with Crippen LogP contribution >= 0.6 is 0 Å². The van der Waals surface area contributed by atoms with Crippen molar-refractivity contribution in [2.24, 2.45) is 11.1 Å². The quantitative estimate of drug-likeness (QED) is 0.584. The van der Waals surface area contributed by atoms with Gasteiger partial charge < -0.3 is 10.6 Å². The summed E-state index contributed by atoms with van der Waals surface area (Å²) in [5, 5.41) is 0. The number of amides is 1. The Morgan fingerprint density at radius 3 is 1.95 bits per heavy atom. The lowest BCUT2D eigenvalue weighted by Crippen LogP contribution is -2.50. The van der Waals surface area contributed by atoms with Crippen LogP contribution in [0.5, 0.6) is 0 Å². The van der Waals surface area contributed by atoms with Crippen LogP contribution in [-0.4, -0.2) is 29.9 Å². The monoisotopic (exact) mass is 284 g/mol. The van der Waals surface area contributed by atoms with Gasteiger partial charge in [-0.25, -0.2) is 0 Å². The Morgan fingerprint density at radius 1 is 1.05 bits per heavy atom. The summed E-state index contributed by atoms with van der Waals surface area (Å²) in [5.74, 6) is 0.287. The highest BCUT2D eigenvalue weighted by Gasteiger charge is 2.38. The molecule has 2 N–H and O–H groups in total. The molecule has 0 unspecified atom stereocenters. The molecule has 0 saturated heterocycles. The fourth-order valence-electron chi connectivity index (χ4n) is 3.02. The molecule has 1 amide bonds. The van der Waals surface area contributed by atoms with Gasteiger partial charge in [0.2, 0.25) is 5.91 Å². The van der Waals surface area contributed by atoms with E-state index in [-0.39, 0.29) is 17.4 Å². The van der Waals surface area contributed by atoms with Crippen LogP contribution in [-0.2, 0) is 4.79 Å². The first kappa shape index (κ1) is 19.4. The Kier molecular flexibility index (Phi) is 9.91. The van der Waals surface area contributed by atoms with Crippen molar-refractivity contribution in [2.45, 2.75) is 85.6 Å². The fraction of sp³-hybridized carbons (Fsp3) is 0.941. The van der Waals surface area contributed by atoms with Gasteiger partial charge in [-0.15, -0.1) is 0 Å². The minimum absolute atomic E-state index is 0.263. The van der Waals surface area contributed by atoms with Gasteiger partial charge in [0.05, 0.1) is 5.41 Å². The van der Waals surface area contributed by atoms with Gasteiger partial charge in [0.1, 0.15) is 0 Å². The van der Waals surface area contributed by atoms with Gasteiger partial charge in [-0.3, -0.25) is 4.79 Å². The largest absolute Gasteiger partial charge is 0.340 e. The maximum atomic E-state index is 13.1. The molecule has 0 spiro atoms. The number of carbonyl (C=O) groups excluding carboxylic acids is 1. The van der Waals surface area contributed by atoms with E-state index in [0.717, 1.165) is 38.6 Å². The predicted octanol–water partition coefficient (Wildman–Crippen LogP) is 3.96. The van der Waals surface area contributed by atoms with Crippen LogP contribution < -0.4 is 5.73 Å². The Labute approximate surface area is 126 Å². The van der Waals surface area contributed by atoms with Crippen molar-refractivity contribution >= 4 is 5.91 Å². The molecule has 3 heteroatoms. The molecular weight excluding hydrogens is 248 g/mol. The van der Waals surface area contributed by atoms with E-state index in [0.29, 0.717) is 6.54 Å². The molecule has 20 heavy (non-hydrogen) atoms. The third kappa shape index (κ3) is 5.43. The van der Waals surface area contributed by atoms with Crippen molar-refractivity contribution in [1.82, 2.24) is 4.90 Å². The number of hydrogen-bond acceptors (Lipinski definition) is 2. The topological polar surface area (TPSA) is 46.3 Å². The van der Waals surface area contributed by atoms with E-state index in [1.54, 1.807) is 0 Å². The molecule has 120 valence electrons. The van der Waals surface area contributed by atoms with Gasteiger partial charge >= 0.3 is 0 Å². The van der Waals surface area contributed by atoms with Crippen LogP contribution in [0.1, 0.15) is 79.6 Å². The minimum atomic E-state index is -0.333. The average Bonchev–Trinajstić information content (AvgIpc) is 2.42. The van der Waals surface area contributed by atoms with E-state index in [1.807, 2.05) is 0 Å². The van der Waals surface area contributed by atoms with Gasteiger partial charge in [-0.1, -0.05) is 46.5 Å². The first-order valence-corrected chi connectivity index (χ1v) is 8.50. The molecule has 0 aliphatic rings. The van der Waals surface area contributed by atoms with Gasteiger partial charge in [-0.2, -0.15) is 0 Å². The lowest BCUT2D eigenvalue weighted by atomic mass is 9.77. The van der Waals surface area contributed by atoms with E-state index in [1.165, 1.54) is 12.8 Å². The molecule has 0 rings (SSSR count). The number of unbranched alkanes of at least 4 members (excludes halogenated alkanes) is 2. The third-order valence-corrected chi connectivity index (χ3v) is 4.19. The first-order valence-electron chi connectivity index (χ1n) is 8.50. The summed E-state index contributed by atoms with van der Waals surface area (Å²) in [7, 11) is 0. The van der Waals surface area contributed by atoms with Gasteiger partial charge in [-0.05, 0) is 33.1 Å². The summed E-state index contributed by atoms with van der Waals surface area (Å²) in [6, 6.07) is 0.263. The first-order chi connectivity index (χ1) is 9.48. The van der Waals surface area contributed by atoms with Crippen molar-refractivity contribution in [1.29, 1.82) is 0 Å². The molecule has 0 heterocycles. The summed E-state index contributed by atoms with van der Waals surface area (Å²) in [5.41, 5.74) is 5.69. The Morgan fingerprint density at radius 2 is 1.60 bits per heavy atom. The zero-order chi connectivity index (χ0) is 15.6. The molecule has 0 aromatic rings. The Balaban J connectivity index is 5.03. The number of rotatable bonds is 11. The Bertz CT molecular complexity index is 258. The van der Waals surface area contributed by atoms with E-state index in [4.69, 9.17) is 5.73 Å². The van der Waals surface area contributed by atoms with Crippen molar-refractivity contribution in [3.63, 3.8) is 0 Å². The van der Waals surface area contributed by atoms with Crippen LogP contribution in [0.4, 0.5) is 0 Å². The second-order valence-electron chi connectivity index (χ2n) is 6.28. The second-order valence-corrected chi connectivity index (χ2v) is 6.28. The minimum Gasteiger partial charge on any atom is -0.340 e. The lowest BCUT2D eigenvalue weighted by molar-refractivity contribution is -0.144. The summed E-state index contributed by atoms with van der Waals surface area (Å²) in [4.78, 5) is 15.1. The molecule has 3 nitrogen and oxygen atoms in total. The third-order valence-electron chi connectivity index (χ3n) is 4.19.